The molecule has 29 heavy (non-hydrogen) atoms. The molecule has 0 saturated carbocycles. The molecule has 2 N–H and O–H groups in total. The zero-order valence-corrected chi connectivity index (χ0v) is 17.1. The zero-order valence-electron chi connectivity index (χ0n) is 15.5. The van der Waals surface area contributed by atoms with E-state index in [-0.39, 0.29) is 21.0 Å². The van der Waals surface area contributed by atoms with Crippen molar-refractivity contribution >= 4 is 37.5 Å². The first-order valence-electron chi connectivity index (χ1n) is 8.72. The summed E-state index contributed by atoms with van der Waals surface area (Å²) >= 11 is 0. The molecule has 0 bridgehead atoms. The van der Waals surface area contributed by atoms with Gasteiger partial charge in [-0.25, -0.2) is 25.9 Å². The Bertz CT molecular complexity index is 1160. The lowest BCUT2D eigenvalue weighted by Gasteiger charge is -2.15. The molecular weight excluding hydrogens is 418 g/mol. The number of sulfonamides is 2. The van der Waals surface area contributed by atoms with E-state index in [4.69, 9.17) is 0 Å². The number of hydrogen-bond donors (Lipinski definition) is 2. The molecule has 2 aromatic carbocycles. The number of nitrogens with one attached hydrogen (secondary N) is 2. The predicted molar refractivity (Wildman–Crippen MR) is 105 cm³/mol. The highest BCUT2D eigenvalue weighted by Gasteiger charge is 2.41. The fourth-order valence-electron chi connectivity index (χ4n) is 2.76. The summed E-state index contributed by atoms with van der Waals surface area (Å²) in [7, 11) is -7.72. The molecule has 0 atom stereocenters. The second kappa shape index (κ2) is 7.93. The van der Waals surface area contributed by atoms with E-state index < -0.39 is 38.4 Å². The number of carbonyl (C=O) groups is 2. The van der Waals surface area contributed by atoms with E-state index in [9.17, 15) is 26.4 Å². The van der Waals surface area contributed by atoms with Gasteiger partial charge in [0.15, 0.2) is 0 Å². The van der Waals surface area contributed by atoms with Crippen LogP contribution in [0.15, 0.2) is 58.3 Å². The fraction of sp³-hybridized carbons (Fsp3) is 0.222. The minimum absolute atomic E-state index is 0.0226. The monoisotopic (exact) mass is 437 g/mol. The molecule has 9 nitrogen and oxygen atoms in total. The van der Waals surface area contributed by atoms with Gasteiger partial charge >= 0.3 is 0 Å². The first kappa shape index (κ1) is 21.0. The van der Waals surface area contributed by atoms with Crippen LogP contribution in [0.2, 0.25) is 0 Å². The molecule has 0 radical (unpaired) electrons. The number of nitrogens with zero attached hydrogens (tertiary/aromatic N) is 1. The van der Waals surface area contributed by atoms with Crippen LogP contribution >= 0.6 is 0 Å². The molecule has 0 saturated heterocycles. The van der Waals surface area contributed by atoms with Crippen molar-refractivity contribution in [2.24, 2.45) is 0 Å². The molecule has 11 heteroatoms. The van der Waals surface area contributed by atoms with Crippen molar-refractivity contribution in [2.75, 3.05) is 18.4 Å². The minimum Gasteiger partial charge on any atom is -0.325 e. The van der Waals surface area contributed by atoms with Crippen LogP contribution in [0.5, 0.6) is 0 Å². The molecule has 1 aliphatic heterocycles. The largest absolute Gasteiger partial charge is 0.325 e. The van der Waals surface area contributed by atoms with E-state index in [0.29, 0.717) is 17.3 Å². The highest BCUT2D eigenvalue weighted by atomic mass is 32.2. The number of rotatable bonds is 7. The quantitative estimate of drug-likeness (QED) is 0.669. The molecule has 3 rings (SSSR count). The lowest BCUT2D eigenvalue weighted by atomic mass is 10.2. The number of anilines is 1. The van der Waals surface area contributed by atoms with Gasteiger partial charge in [0.1, 0.15) is 11.4 Å². The van der Waals surface area contributed by atoms with Crippen LogP contribution in [-0.4, -0.2) is 46.0 Å². The van der Waals surface area contributed by atoms with E-state index in [1.165, 1.54) is 42.5 Å². The van der Waals surface area contributed by atoms with Crippen LogP contribution in [0, 0.1) is 0 Å². The lowest BCUT2D eigenvalue weighted by Crippen LogP contribution is -2.37. The van der Waals surface area contributed by atoms with Crippen molar-refractivity contribution in [1.29, 1.82) is 0 Å². The van der Waals surface area contributed by atoms with Crippen LogP contribution in [0.1, 0.15) is 23.7 Å². The van der Waals surface area contributed by atoms with E-state index in [1.807, 2.05) is 6.92 Å². The van der Waals surface area contributed by atoms with Gasteiger partial charge in [-0.3, -0.25) is 9.59 Å². The second-order valence-corrected chi connectivity index (χ2v) is 9.88. The molecule has 0 unspecified atom stereocenters. The highest BCUT2D eigenvalue weighted by molar-refractivity contribution is 7.90. The normalized spacial score (nSPS) is 15.2. The molecule has 0 aliphatic carbocycles. The Morgan fingerprint density at radius 3 is 2.34 bits per heavy atom. The van der Waals surface area contributed by atoms with Crippen molar-refractivity contribution in [3.05, 3.63) is 54.1 Å². The van der Waals surface area contributed by atoms with Gasteiger partial charge in [-0.15, -0.1) is 0 Å². The smallest absolute Gasteiger partial charge is 0.269 e. The molecule has 0 fully saturated rings. The van der Waals surface area contributed by atoms with Crippen molar-refractivity contribution in [3.63, 3.8) is 0 Å². The van der Waals surface area contributed by atoms with E-state index in [2.05, 4.69) is 10.0 Å². The Balaban J connectivity index is 1.70. The van der Waals surface area contributed by atoms with Gasteiger partial charge in [0.25, 0.3) is 15.9 Å². The molecular formula is C18H19N3O6S2. The summed E-state index contributed by atoms with van der Waals surface area (Å²) in [5.41, 5.74) is 0.292. The Morgan fingerprint density at radius 2 is 1.72 bits per heavy atom. The van der Waals surface area contributed by atoms with Gasteiger partial charge < -0.3 is 5.32 Å². The number of carbonyl (C=O) groups excluding carboxylic acids is 2. The number of benzene rings is 2. The zero-order chi connectivity index (χ0) is 21.2. The molecule has 154 valence electrons. The van der Waals surface area contributed by atoms with Crippen LogP contribution < -0.4 is 10.0 Å². The third-order valence-electron chi connectivity index (χ3n) is 4.19. The maximum absolute atomic E-state index is 12.5. The van der Waals surface area contributed by atoms with Gasteiger partial charge in [0.05, 0.1) is 10.5 Å². The molecule has 0 aromatic heterocycles. The van der Waals surface area contributed by atoms with Crippen molar-refractivity contribution in [1.82, 2.24) is 9.03 Å². The predicted octanol–water partition coefficient (Wildman–Crippen LogP) is 1.16. The molecule has 1 aliphatic rings. The van der Waals surface area contributed by atoms with E-state index in [0.717, 1.165) is 0 Å². The average Bonchev–Trinajstić information content (AvgIpc) is 2.88. The van der Waals surface area contributed by atoms with E-state index >= 15 is 0 Å². The third-order valence-corrected chi connectivity index (χ3v) is 7.45. The summed E-state index contributed by atoms with van der Waals surface area (Å²) in [5, 5.41) is 2.46. The lowest BCUT2D eigenvalue weighted by molar-refractivity contribution is -0.116. The summed E-state index contributed by atoms with van der Waals surface area (Å²) in [6.07, 6.45) is 0.648. The second-order valence-electron chi connectivity index (χ2n) is 6.28. The fourth-order valence-corrected chi connectivity index (χ4v) is 5.41. The van der Waals surface area contributed by atoms with Crippen molar-refractivity contribution in [2.45, 2.75) is 23.1 Å². The van der Waals surface area contributed by atoms with Gasteiger partial charge in [0, 0.05) is 12.2 Å². The van der Waals surface area contributed by atoms with Crippen LogP contribution in [0.25, 0.3) is 0 Å². The summed E-state index contributed by atoms with van der Waals surface area (Å²) in [5.74, 6) is -1.49. The van der Waals surface area contributed by atoms with E-state index in [1.54, 1.807) is 6.07 Å². The number of fused-ring (bicyclic) bond motifs is 1. The van der Waals surface area contributed by atoms with Gasteiger partial charge in [-0.2, -0.15) is 0 Å². The van der Waals surface area contributed by atoms with Crippen LogP contribution in [0.4, 0.5) is 5.69 Å². The van der Waals surface area contributed by atoms with Crippen molar-refractivity contribution in [3.8, 4) is 0 Å². The number of amides is 2. The molecule has 2 amide bonds. The third kappa shape index (κ3) is 4.16. The Labute approximate surface area is 168 Å². The first-order valence-corrected chi connectivity index (χ1v) is 11.6. The standard InChI is InChI=1S/C18H19N3O6S2/c1-2-11-19-28(24,25)14-9-7-13(8-10-14)20-17(22)12-21-18(23)15-5-3-4-6-16(15)29(21,26)27/h3-10,19H,2,11-12H2,1H3,(H,20,22). The van der Waals surface area contributed by atoms with Gasteiger partial charge in [0.2, 0.25) is 15.9 Å². The summed E-state index contributed by atoms with van der Waals surface area (Å²) in [4.78, 5) is 24.5. The van der Waals surface area contributed by atoms with Gasteiger partial charge in [-0.05, 0) is 42.8 Å². The molecule has 0 spiro atoms. The maximum Gasteiger partial charge on any atom is 0.269 e. The first-order chi connectivity index (χ1) is 13.7. The topological polar surface area (TPSA) is 130 Å². The Hall–Kier alpha value is -2.76. The Morgan fingerprint density at radius 1 is 1.07 bits per heavy atom. The average molecular weight is 437 g/mol. The van der Waals surface area contributed by atoms with Crippen LogP contribution in [0.3, 0.4) is 0 Å². The highest BCUT2D eigenvalue weighted by Crippen LogP contribution is 2.29. The van der Waals surface area contributed by atoms with Crippen molar-refractivity contribution < 1.29 is 26.4 Å². The summed E-state index contributed by atoms with van der Waals surface area (Å²) in [6, 6.07) is 11.1. The summed E-state index contributed by atoms with van der Waals surface area (Å²) < 4.78 is 52.0. The van der Waals surface area contributed by atoms with Crippen LogP contribution in [-0.2, 0) is 24.8 Å². The number of hydrogen-bond acceptors (Lipinski definition) is 6. The Kier molecular flexibility index (Phi) is 5.73. The molecule has 2 aromatic rings. The summed E-state index contributed by atoms with van der Waals surface area (Å²) in [6.45, 7) is 1.46. The maximum atomic E-state index is 12.5. The van der Waals surface area contributed by atoms with Gasteiger partial charge in [-0.1, -0.05) is 19.1 Å². The minimum atomic E-state index is -4.08. The SMILES string of the molecule is CCCNS(=O)(=O)c1ccc(NC(=O)CN2C(=O)c3ccccc3S2(=O)=O)cc1. The molecule has 1 heterocycles.